The smallest absolute Gasteiger partial charge is 0.233 e. The Balaban J connectivity index is 1.39. The predicted molar refractivity (Wildman–Crippen MR) is 172 cm³/mol. The zero-order valence-electron chi connectivity index (χ0n) is 25.5. The lowest BCUT2D eigenvalue weighted by atomic mass is 9.78. The predicted octanol–water partition coefficient (Wildman–Crippen LogP) is 6.01. The largest absolute Gasteiger partial charge is 0.396 e. The van der Waals surface area contributed by atoms with E-state index in [2.05, 4.69) is 41.1 Å². The summed E-state index contributed by atoms with van der Waals surface area (Å²) in [6, 6.07) is 22.2. The van der Waals surface area contributed by atoms with Gasteiger partial charge in [0.1, 0.15) is 5.82 Å². The normalized spacial score (nSPS) is 17.5. The molecule has 0 saturated carbocycles. The second-order valence-electron chi connectivity index (χ2n) is 11.8. The number of nitrogens with zero attached hydrogens (tertiary/aromatic N) is 1. The number of nitrogens with one attached hydrogen (secondary N) is 1. The lowest BCUT2D eigenvalue weighted by Gasteiger charge is -2.48. The van der Waals surface area contributed by atoms with Gasteiger partial charge in [0.05, 0.1) is 24.3 Å². The summed E-state index contributed by atoms with van der Waals surface area (Å²) in [5.74, 6) is -0.595. The van der Waals surface area contributed by atoms with E-state index in [0.29, 0.717) is 24.9 Å². The molecule has 3 N–H and O–H groups in total. The Labute approximate surface area is 261 Å². The number of benzene rings is 3. The maximum Gasteiger partial charge on any atom is 0.233 e. The van der Waals surface area contributed by atoms with Crippen molar-refractivity contribution in [2.24, 2.45) is 5.92 Å². The summed E-state index contributed by atoms with van der Waals surface area (Å²) in [5, 5.41) is 19.8. The zero-order chi connectivity index (χ0) is 31.5. The van der Waals surface area contributed by atoms with E-state index in [1.54, 1.807) is 12.1 Å². The van der Waals surface area contributed by atoms with Crippen LogP contribution in [0.4, 0.5) is 10.1 Å². The first-order valence-electron chi connectivity index (χ1n) is 15.7. The standard InChI is InChI=1S/C35H45FN2O5S/c1-44(42,43)37-24-6-3-2-4-8-27-12-20-31(21-13-27)38-34(29-14-10-26(11-15-29)9-5-7-25-39)32(35(38)41)22-23-33(40)28-16-18-30(36)19-17-28/h10-21,32-34,37,39-40H,2-9,22-25H2,1H3/t32-,33+,34-/m1/s1. The molecule has 3 aromatic rings. The molecule has 9 heteroatoms. The summed E-state index contributed by atoms with van der Waals surface area (Å²) in [7, 11) is -3.13. The van der Waals surface area contributed by atoms with Gasteiger partial charge in [0.25, 0.3) is 0 Å². The van der Waals surface area contributed by atoms with Gasteiger partial charge >= 0.3 is 0 Å². The molecule has 1 fully saturated rings. The van der Waals surface area contributed by atoms with Crippen molar-refractivity contribution in [1.29, 1.82) is 0 Å². The van der Waals surface area contributed by atoms with Gasteiger partial charge in [-0.05, 0) is 97.9 Å². The number of halogens is 1. The molecule has 1 aliphatic heterocycles. The lowest BCUT2D eigenvalue weighted by Crippen LogP contribution is -2.55. The zero-order valence-corrected chi connectivity index (χ0v) is 26.3. The van der Waals surface area contributed by atoms with E-state index >= 15 is 0 Å². The number of anilines is 1. The lowest BCUT2D eigenvalue weighted by molar-refractivity contribution is -0.131. The molecule has 44 heavy (non-hydrogen) atoms. The Bertz CT molecular complexity index is 1430. The topological polar surface area (TPSA) is 107 Å². The Kier molecular flexibility index (Phi) is 12.5. The van der Waals surface area contributed by atoms with Crippen LogP contribution in [0.2, 0.25) is 0 Å². The van der Waals surface area contributed by atoms with Gasteiger partial charge in [-0.15, -0.1) is 0 Å². The molecule has 1 amide bonds. The number of carbonyl (C=O) groups excluding carboxylic acids is 1. The number of carbonyl (C=O) groups is 1. The molecular formula is C35H45FN2O5S. The number of amides is 1. The van der Waals surface area contributed by atoms with Gasteiger partial charge in [0.2, 0.25) is 15.9 Å². The van der Waals surface area contributed by atoms with Crippen LogP contribution in [0.25, 0.3) is 0 Å². The summed E-state index contributed by atoms with van der Waals surface area (Å²) in [6.45, 7) is 0.656. The number of sulfonamides is 1. The molecule has 4 rings (SSSR count). The van der Waals surface area contributed by atoms with E-state index in [1.165, 1.54) is 29.5 Å². The number of rotatable bonds is 18. The van der Waals surface area contributed by atoms with Crippen molar-refractivity contribution in [2.45, 2.75) is 76.4 Å². The van der Waals surface area contributed by atoms with Crippen LogP contribution >= 0.6 is 0 Å². The molecule has 3 aromatic carbocycles. The molecule has 0 aliphatic carbocycles. The van der Waals surface area contributed by atoms with Gasteiger partial charge < -0.3 is 15.1 Å². The van der Waals surface area contributed by atoms with Crippen LogP contribution in [0.3, 0.4) is 0 Å². The Hall–Kier alpha value is -3.11. The molecule has 0 spiro atoms. The second kappa shape index (κ2) is 16.3. The first-order valence-corrected chi connectivity index (χ1v) is 17.6. The molecule has 238 valence electrons. The molecule has 7 nitrogen and oxygen atoms in total. The van der Waals surface area contributed by atoms with Gasteiger partial charge in [-0.25, -0.2) is 17.5 Å². The Morgan fingerprint density at radius 2 is 1.43 bits per heavy atom. The molecule has 0 unspecified atom stereocenters. The van der Waals surface area contributed by atoms with Gasteiger partial charge in [-0.3, -0.25) is 4.79 Å². The van der Waals surface area contributed by atoms with Crippen LogP contribution < -0.4 is 9.62 Å². The van der Waals surface area contributed by atoms with Crippen molar-refractivity contribution < 1.29 is 27.8 Å². The van der Waals surface area contributed by atoms with Crippen molar-refractivity contribution in [2.75, 3.05) is 24.3 Å². The summed E-state index contributed by atoms with van der Waals surface area (Å²) in [5.41, 5.74) is 4.92. The number of hydrogen-bond acceptors (Lipinski definition) is 5. The SMILES string of the molecule is CS(=O)(=O)NCCCCCCc1ccc(N2C(=O)[C@H](CC[C@H](O)c3ccc(F)cc3)[C@H]2c2ccc(CCCCO)cc2)cc1. The van der Waals surface area contributed by atoms with E-state index in [-0.39, 0.29) is 30.3 Å². The highest BCUT2D eigenvalue weighted by Crippen LogP contribution is 2.46. The summed E-state index contributed by atoms with van der Waals surface area (Å²) in [6.07, 6.45) is 8.59. The number of aryl methyl sites for hydroxylation is 2. The minimum atomic E-state index is -3.13. The summed E-state index contributed by atoms with van der Waals surface area (Å²) < 4.78 is 38.2. The molecule has 1 aliphatic rings. The maximum absolute atomic E-state index is 13.6. The fourth-order valence-electron chi connectivity index (χ4n) is 5.90. The minimum absolute atomic E-state index is 0.0313. The van der Waals surface area contributed by atoms with E-state index in [9.17, 15) is 22.7 Å². The Morgan fingerprint density at radius 1 is 0.841 bits per heavy atom. The highest BCUT2D eigenvalue weighted by Gasteiger charge is 2.48. The number of hydrogen-bond donors (Lipinski definition) is 3. The molecular weight excluding hydrogens is 579 g/mol. The highest BCUT2D eigenvalue weighted by molar-refractivity contribution is 7.88. The van der Waals surface area contributed by atoms with Crippen LogP contribution in [0, 0.1) is 11.7 Å². The van der Waals surface area contributed by atoms with Crippen LogP contribution in [-0.2, 0) is 27.7 Å². The molecule has 1 heterocycles. The minimum Gasteiger partial charge on any atom is -0.396 e. The average molecular weight is 625 g/mol. The third-order valence-corrected chi connectivity index (χ3v) is 9.11. The van der Waals surface area contributed by atoms with Crippen molar-refractivity contribution >= 4 is 21.6 Å². The van der Waals surface area contributed by atoms with Crippen LogP contribution in [0.15, 0.2) is 72.8 Å². The van der Waals surface area contributed by atoms with Gasteiger partial charge in [0.15, 0.2) is 0 Å². The summed E-state index contributed by atoms with van der Waals surface area (Å²) >= 11 is 0. The molecule has 0 radical (unpaired) electrons. The van der Waals surface area contributed by atoms with Crippen LogP contribution in [-0.4, -0.2) is 43.9 Å². The highest BCUT2D eigenvalue weighted by atomic mass is 32.2. The number of unbranched alkanes of at least 4 members (excludes halogenated alkanes) is 4. The monoisotopic (exact) mass is 624 g/mol. The molecule has 0 aromatic heterocycles. The number of β-lactam (4-membered cyclic amide) rings is 1. The molecule has 3 atom stereocenters. The van der Waals surface area contributed by atoms with E-state index in [0.717, 1.165) is 62.6 Å². The van der Waals surface area contributed by atoms with Crippen molar-refractivity contribution in [3.05, 3.63) is 101 Å². The molecule has 1 saturated heterocycles. The molecule has 0 bridgehead atoms. The number of aliphatic hydroxyl groups is 2. The second-order valence-corrected chi connectivity index (χ2v) is 13.7. The van der Waals surface area contributed by atoms with Crippen molar-refractivity contribution in [1.82, 2.24) is 4.72 Å². The number of aliphatic hydroxyl groups excluding tert-OH is 2. The maximum atomic E-state index is 13.6. The van der Waals surface area contributed by atoms with E-state index in [4.69, 9.17) is 5.11 Å². The van der Waals surface area contributed by atoms with Gasteiger partial charge in [0, 0.05) is 18.8 Å². The van der Waals surface area contributed by atoms with Crippen molar-refractivity contribution in [3.8, 4) is 0 Å². The van der Waals surface area contributed by atoms with E-state index in [1.807, 2.05) is 17.0 Å². The van der Waals surface area contributed by atoms with Crippen LogP contribution in [0.1, 0.15) is 85.8 Å². The summed E-state index contributed by atoms with van der Waals surface area (Å²) in [4.78, 5) is 15.4. The average Bonchev–Trinajstić information content (AvgIpc) is 3.00. The Morgan fingerprint density at radius 3 is 2.05 bits per heavy atom. The van der Waals surface area contributed by atoms with Crippen molar-refractivity contribution in [3.63, 3.8) is 0 Å². The fourth-order valence-corrected chi connectivity index (χ4v) is 6.41. The third kappa shape index (κ3) is 9.69. The van der Waals surface area contributed by atoms with E-state index < -0.39 is 16.1 Å². The first kappa shape index (κ1) is 33.8. The first-order chi connectivity index (χ1) is 21.2. The van der Waals surface area contributed by atoms with Gasteiger partial charge in [-0.1, -0.05) is 61.4 Å². The van der Waals surface area contributed by atoms with Crippen LogP contribution in [0.5, 0.6) is 0 Å². The third-order valence-electron chi connectivity index (χ3n) is 8.39. The van der Waals surface area contributed by atoms with Gasteiger partial charge in [-0.2, -0.15) is 0 Å². The quantitative estimate of drug-likeness (QED) is 0.119. The fraction of sp³-hybridized carbons (Fsp3) is 0.457.